The van der Waals surface area contributed by atoms with E-state index < -0.39 is 0 Å². The molecule has 0 N–H and O–H groups in total. The Labute approximate surface area is 132 Å². The van der Waals surface area contributed by atoms with Crippen LogP contribution in [0.3, 0.4) is 0 Å². The number of aromatic nitrogens is 1. The Morgan fingerprint density at radius 3 is 2.77 bits per heavy atom. The van der Waals surface area contributed by atoms with Gasteiger partial charge in [-0.1, -0.05) is 19.9 Å². The van der Waals surface area contributed by atoms with Gasteiger partial charge in [0.1, 0.15) is 0 Å². The quantitative estimate of drug-likeness (QED) is 0.847. The number of nitrogens with zero attached hydrogens (tertiary/aromatic N) is 3. The number of ether oxygens (including phenoxy) is 1. The molecule has 0 unspecified atom stereocenters. The highest BCUT2D eigenvalue weighted by Crippen LogP contribution is 2.21. The molecule has 120 valence electrons. The summed E-state index contributed by atoms with van der Waals surface area (Å²) in [5.74, 6) is 0.673. The van der Waals surface area contributed by atoms with Crippen molar-refractivity contribution in [2.24, 2.45) is 0 Å². The highest BCUT2D eigenvalue weighted by atomic mass is 16.5. The number of pyridine rings is 1. The van der Waals surface area contributed by atoms with E-state index in [1.54, 1.807) is 0 Å². The van der Waals surface area contributed by atoms with Gasteiger partial charge in [-0.2, -0.15) is 0 Å². The van der Waals surface area contributed by atoms with Crippen molar-refractivity contribution in [1.29, 1.82) is 0 Å². The number of hydrogen-bond acceptors (Lipinski definition) is 4. The van der Waals surface area contributed by atoms with Crippen molar-refractivity contribution in [3.8, 4) is 0 Å². The van der Waals surface area contributed by atoms with E-state index in [0.29, 0.717) is 19.0 Å². The smallest absolute Gasteiger partial charge is 0.237 e. The molecule has 1 saturated heterocycles. The standard InChI is InChI=1S/C17H25N3O2/c1-13(2)15-4-3-14-11-20(6-5-16(14)18-15)17(21)12-19-7-9-22-10-8-19/h3-4,13H,5-12H2,1-2H3. The zero-order valence-corrected chi connectivity index (χ0v) is 13.5. The SMILES string of the molecule is CC(C)c1ccc2c(n1)CCN(C(=O)CN1CCOCC1)C2. The molecule has 0 spiro atoms. The number of hydrogen-bond donors (Lipinski definition) is 0. The van der Waals surface area contributed by atoms with E-state index in [1.807, 2.05) is 4.90 Å². The molecule has 3 rings (SSSR count). The predicted molar refractivity (Wildman–Crippen MR) is 84.7 cm³/mol. The van der Waals surface area contributed by atoms with Gasteiger partial charge >= 0.3 is 0 Å². The Morgan fingerprint density at radius 2 is 2.05 bits per heavy atom. The maximum Gasteiger partial charge on any atom is 0.237 e. The van der Waals surface area contributed by atoms with Gasteiger partial charge in [0.2, 0.25) is 5.91 Å². The first-order chi connectivity index (χ1) is 10.6. The Hall–Kier alpha value is -1.46. The molecule has 1 aromatic heterocycles. The monoisotopic (exact) mass is 303 g/mol. The summed E-state index contributed by atoms with van der Waals surface area (Å²) in [5, 5.41) is 0. The van der Waals surface area contributed by atoms with Crippen LogP contribution in [-0.4, -0.2) is 60.1 Å². The molecule has 0 aromatic carbocycles. The second kappa shape index (κ2) is 6.75. The fourth-order valence-corrected chi connectivity index (χ4v) is 3.02. The van der Waals surface area contributed by atoms with Gasteiger partial charge in [0.15, 0.2) is 0 Å². The number of fused-ring (bicyclic) bond motifs is 1. The minimum atomic E-state index is 0.223. The van der Waals surface area contributed by atoms with Gasteiger partial charge in [-0.15, -0.1) is 0 Å². The van der Waals surface area contributed by atoms with Crippen LogP contribution in [0.2, 0.25) is 0 Å². The number of morpholine rings is 1. The summed E-state index contributed by atoms with van der Waals surface area (Å²) < 4.78 is 5.33. The van der Waals surface area contributed by atoms with E-state index in [1.165, 1.54) is 11.3 Å². The third kappa shape index (κ3) is 3.47. The minimum Gasteiger partial charge on any atom is -0.379 e. The second-order valence-corrected chi connectivity index (χ2v) is 6.45. The molecular formula is C17H25N3O2. The van der Waals surface area contributed by atoms with E-state index in [9.17, 15) is 4.79 Å². The van der Waals surface area contributed by atoms with Crippen molar-refractivity contribution < 1.29 is 9.53 Å². The molecule has 5 nitrogen and oxygen atoms in total. The van der Waals surface area contributed by atoms with Crippen LogP contribution in [-0.2, 0) is 22.5 Å². The summed E-state index contributed by atoms with van der Waals surface area (Å²) in [5.41, 5.74) is 3.51. The molecule has 5 heteroatoms. The molecule has 1 amide bonds. The van der Waals surface area contributed by atoms with Crippen molar-refractivity contribution in [3.63, 3.8) is 0 Å². The molecule has 2 aliphatic rings. The van der Waals surface area contributed by atoms with Crippen LogP contribution in [0.1, 0.15) is 36.7 Å². The van der Waals surface area contributed by atoms with Crippen LogP contribution < -0.4 is 0 Å². The Morgan fingerprint density at radius 1 is 1.27 bits per heavy atom. The lowest BCUT2D eigenvalue weighted by Gasteiger charge is -2.32. The molecule has 0 bridgehead atoms. The molecule has 3 heterocycles. The lowest BCUT2D eigenvalue weighted by atomic mass is 10.0. The highest BCUT2D eigenvalue weighted by Gasteiger charge is 2.24. The minimum absolute atomic E-state index is 0.223. The largest absolute Gasteiger partial charge is 0.379 e. The van der Waals surface area contributed by atoms with E-state index in [0.717, 1.165) is 45.0 Å². The lowest BCUT2D eigenvalue weighted by molar-refractivity contribution is -0.134. The van der Waals surface area contributed by atoms with Crippen LogP contribution in [0.4, 0.5) is 0 Å². The van der Waals surface area contributed by atoms with Gasteiger partial charge in [-0.05, 0) is 17.5 Å². The Bertz CT molecular complexity index is 539. The normalized spacial score (nSPS) is 19.3. The van der Waals surface area contributed by atoms with Gasteiger partial charge < -0.3 is 9.64 Å². The summed E-state index contributed by atoms with van der Waals surface area (Å²) in [7, 11) is 0. The molecule has 0 atom stereocenters. The predicted octanol–water partition coefficient (Wildman–Crippen LogP) is 1.42. The fourth-order valence-electron chi connectivity index (χ4n) is 3.02. The Kier molecular flexibility index (Phi) is 4.74. The van der Waals surface area contributed by atoms with Gasteiger partial charge in [0.25, 0.3) is 0 Å². The fraction of sp³-hybridized carbons (Fsp3) is 0.647. The molecule has 0 aliphatic carbocycles. The van der Waals surface area contributed by atoms with Gasteiger partial charge in [0.05, 0.1) is 19.8 Å². The van der Waals surface area contributed by atoms with E-state index >= 15 is 0 Å². The number of carbonyl (C=O) groups excluding carboxylic acids is 1. The first-order valence-corrected chi connectivity index (χ1v) is 8.20. The summed E-state index contributed by atoms with van der Waals surface area (Å²) in [6.45, 7) is 9.50. The molecule has 0 saturated carbocycles. The third-order valence-electron chi connectivity index (χ3n) is 4.48. The lowest BCUT2D eigenvalue weighted by Crippen LogP contribution is -2.46. The number of carbonyl (C=O) groups is 1. The molecule has 1 fully saturated rings. The van der Waals surface area contributed by atoms with Crippen LogP contribution in [0.15, 0.2) is 12.1 Å². The topological polar surface area (TPSA) is 45.7 Å². The zero-order valence-electron chi connectivity index (χ0n) is 13.5. The average Bonchev–Trinajstić information content (AvgIpc) is 2.54. The number of amides is 1. The van der Waals surface area contributed by atoms with Gasteiger partial charge in [0, 0.05) is 44.0 Å². The summed E-state index contributed by atoms with van der Waals surface area (Å²) in [6.07, 6.45) is 0.866. The average molecular weight is 303 g/mol. The third-order valence-corrected chi connectivity index (χ3v) is 4.48. The zero-order chi connectivity index (χ0) is 15.5. The number of rotatable bonds is 3. The summed E-state index contributed by atoms with van der Waals surface area (Å²) in [4.78, 5) is 21.4. The second-order valence-electron chi connectivity index (χ2n) is 6.45. The van der Waals surface area contributed by atoms with Gasteiger partial charge in [-0.25, -0.2) is 0 Å². The first kappa shape index (κ1) is 15.4. The molecule has 1 aromatic rings. The van der Waals surface area contributed by atoms with Crippen LogP contribution in [0, 0.1) is 0 Å². The van der Waals surface area contributed by atoms with Crippen LogP contribution >= 0.6 is 0 Å². The van der Waals surface area contributed by atoms with Gasteiger partial charge in [-0.3, -0.25) is 14.7 Å². The summed E-state index contributed by atoms with van der Waals surface area (Å²) in [6, 6.07) is 4.24. The van der Waals surface area contributed by atoms with E-state index in [2.05, 4.69) is 30.9 Å². The van der Waals surface area contributed by atoms with E-state index in [4.69, 9.17) is 9.72 Å². The first-order valence-electron chi connectivity index (χ1n) is 8.20. The molecular weight excluding hydrogens is 278 g/mol. The van der Waals surface area contributed by atoms with Crippen LogP contribution in [0.5, 0.6) is 0 Å². The highest BCUT2D eigenvalue weighted by molar-refractivity contribution is 5.78. The Balaban J connectivity index is 1.62. The maximum absolute atomic E-state index is 12.5. The van der Waals surface area contributed by atoms with Crippen LogP contribution in [0.25, 0.3) is 0 Å². The van der Waals surface area contributed by atoms with E-state index in [-0.39, 0.29) is 5.91 Å². The van der Waals surface area contributed by atoms with Crippen molar-refractivity contribution in [2.75, 3.05) is 39.4 Å². The van der Waals surface area contributed by atoms with Crippen molar-refractivity contribution in [2.45, 2.75) is 32.7 Å². The van der Waals surface area contributed by atoms with Crippen molar-refractivity contribution >= 4 is 5.91 Å². The van der Waals surface area contributed by atoms with Crippen molar-refractivity contribution in [3.05, 3.63) is 29.1 Å². The molecule has 22 heavy (non-hydrogen) atoms. The molecule has 2 aliphatic heterocycles. The maximum atomic E-state index is 12.5. The summed E-state index contributed by atoms with van der Waals surface area (Å²) >= 11 is 0. The van der Waals surface area contributed by atoms with Crippen molar-refractivity contribution in [1.82, 2.24) is 14.8 Å². The molecule has 0 radical (unpaired) electrons.